The maximum absolute atomic E-state index is 13.3. The first-order chi connectivity index (χ1) is 13.8. The first kappa shape index (κ1) is 22.1. The van der Waals surface area contributed by atoms with Crippen LogP contribution in [-0.4, -0.2) is 80.4 Å². The van der Waals surface area contributed by atoms with Gasteiger partial charge in [-0.25, -0.2) is 0 Å². The largest absolute Gasteiger partial charge is 0.378 e. The van der Waals surface area contributed by atoms with Gasteiger partial charge in [0.15, 0.2) is 0 Å². The van der Waals surface area contributed by atoms with Gasteiger partial charge in [-0.2, -0.15) is 0 Å². The monoisotopic (exact) mass is 403 g/mol. The van der Waals surface area contributed by atoms with Gasteiger partial charge in [0.2, 0.25) is 5.91 Å². The van der Waals surface area contributed by atoms with Gasteiger partial charge < -0.3 is 19.3 Å². The number of hydrogen-bond donors (Lipinski definition) is 0. The summed E-state index contributed by atoms with van der Waals surface area (Å²) in [4.78, 5) is 19.9. The number of benzene rings is 1. The predicted molar refractivity (Wildman–Crippen MR) is 116 cm³/mol. The summed E-state index contributed by atoms with van der Waals surface area (Å²) in [6.07, 6.45) is 0.316. The molecule has 0 aliphatic carbocycles. The molecule has 0 saturated carbocycles. The lowest BCUT2D eigenvalue weighted by molar-refractivity contribution is -0.144. The molecule has 1 amide bonds. The highest BCUT2D eigenvalue weighted by Crippen LogP contribution is 2.22. The SMILES string of the molecule is CC1CN(C(C(=O)N(C)Cc2ccc(N3CCOCC3)cc2)C(C)C)CC(C)O1. The zero-order chi connectivity index (χ0) is 21.0. The normalized spacial score (nSPS) is 24.6. The van der Waals surface area contributed by atoms with Crippen LogP contribution in [0.5, 0.6) is 0 Å². The molecule has 0 N–H and O–H groups in total. The molecule has 0 radical (unpaired) electrons. The molecule has 1 aromatic carbocycles. The fourth-order valence-electron chi connectivity index (χ4n) is 4.52. The number of amides is 1. The lowest BCUT2D eigenvalue weighted by atomic mass is 9.99. The third-order valence-corrected chi connectivity index (χ3v) is 5.83. The van der Waals surface area contributed by atoms with E-state index in [9.17, 15) is 4.79 Å². The first-order valence-electron chi connectivity index (χ1n) is 10.9. The van der Waals surface area contributed by atoms with Crippen LogP contribution in [0.25, 0.3) is 0 Å². The van der Waals surface area contributed by atoms with Gasteiger partial charge in [-0.05, 0) is 37.5 Å². The zero-order valence-electron chi connectivity index (χ0n) is 18.6. The summed E-state index contributed by atoms with van der Waals surface area (Å²) in [5, 5.41) is 0. The Balaban J connectivity index is 1.63. The van der Waals surface area contributed by atoms with Crippen LogP contribution in [0.4, 0.5) is 5.69 Å². The summed E-state index contributed by atoms with van der Waals surface area (Å²) in [7, 11) is 1.92. The molecule has 3 unspecified atom stereocenters. The van der Waals surface area contributed by atoms with Gasteiger partial charge >= 0.3 is 0 Å². The van der Waals surface area contributed by atoms with Crippen LogP contribution in [-0.2, 0) is 20.8 Å². The van der Waals surface area contributed by atoms with E-state index in [2.05, 4.69) is 61.8 Å². The summed E-state index contributed by atoms with van der Waals surface area (Å²) >= 11 is 0. The minimum Gasteiger partial charge on any atom is -0.378 e. The number of carbonyl (C=O) groups is 1. The van der Waals surface area contributed by atoms with Crippen molar-refractivity contribution in [1.29, 1.82) is 0 Å². The topological polar surface area (TPSA) is 45.3 Å². The molecule has 2 saturated heterocycles. The van der Waals surface area contributed by atoms with E-state index in [1.54, 1.807) is 0 Å². The average molecular weight is 404 g/mol. The number of rotatable bonds is 6. The molecule has 0 aromatic heterocycles. The fourth-order valence-corrected chi connectivity index (χ4v) is 4.52. The Morgan fingerprint density at radius 1 is 1.10 bits per heavy atom. The Labute approximate surface area is 175 Å². The van der Waals surface area contributed by atoms with Crippen LogP contribution in [0.15, 0.2) is 24.3 Å². The molecule has 3 atom stereocenters. The van der Waals surface area contributed by atoms with Crippen LogP contribution in [0, 0.1) is 5.92 Å². The van der Waals surface area contributed by atoms with Crippen molar-refractivity contribution in [2.24, 2.45) is 5.92 Å². The standard InChI is InChI=1S/C23H37N3O3/c1-17(2)22(26-14-18(3)29-19(4)15-26)23(27)24(5)16-20-6-8-21(9-7-20)25-10-12-28-13-11-25/h6-9,17-19,22H,10-16H2,1-5H3. The Morgan fingerprint density at radius 2 is 1.69 bits per heavy atom. The number of morpholine rings is 2. The molecule has 2 aliphatic heterocycles. The predicted octanol–water partition coefficient (Wildman–Crippen LogP) is 2.62. The van der Waals surface area contributed by atoms with Gasteiger partial charge in [0.1, 0.15) is 0 Å². The molecule has 2 aliphatic rings. The highest BCUT2D eigenvalue weighted by molar-refractivity contribution is 5.82. The van der Waals surface area contributed by atoms with Crippen molar-refractivity contribution in [2.75, 3.05) is 51.3 Å². The van der Waals surface area contributed by atoms with Crippen LogP contribution in [0.2, 0.25) is 0 Å². The number of likely N-dealkylation sites (N-methyl/N-ethyl adjacent to an activating group) is 1. The molecule has 29 heavy (non-hydrogen) atoms. The maximum Gasteiger partial charge on any atom is 0.240 e. The second kappa shape index (κ2) is 9.92. The van der Waals surface area contributed by atoms with E-state index in [0.29, 0.717) is 6.54 Å². The second-order valence-corrected chi connectivity index (χ2v) is 8.86. The molecule has 0 bridgehead atoms. The van der Waals surface area contributed by atoms with Crippen LogP contribution in [0.3, 0.4) is 0 Å². The van der Waals surface area contributed by atoms with E-state index in [-0.39, 0.29) is 30.1 Å². The van der Waals surface area contributed by atoms with Gasteiger partial charge in [0.05, 0.1) is 31.5 Å². The van der Waals surface area contributed by atoms with Crippen molar-refractivity contribution in [2.45, 2.75) is 52.5 Å². The van der Waals surface area contributed by atoms with Crippen molar-refractivity contribution in [3.05, 3.63) is 29.8 Å². The van der Waals surface area contributed by atoms with Gasteiger partial charge in [0.25, 0.3) is 0 Å². The number of ether oxygens (including phenoxy) is 2. The molecule has 2 fully saturated rings. The van der Waals surface area contributed by atoms with Gasteiger partial charge in [-0.15, -0.1) is 0 Å². The van der Waals surface area contributed by atoms with E-state index >= 15 is 0 Å². The third kappa shape index (κ3) is 5.71. The molecule has 162 valence electrons. The van der Waals surface area contributed by atoms with Crippen LogP contribution < -0.4 is 4.90 Å². The molecular weight excluding hydrogens is 366 g/mol. The van der Waals surface area contributed by atoms with Crippen molar-refractivity contribution in [1.82, 2.24) is 9.80 Å². The Kier molecular flexibility index (Phi) is 7.55. The fraction of sp³-hybridized carbons (Fsp3) is 0.696. The van der Waals surface area contributed by atoms with E-state index in [1.807, 2.05) is 11.9 Å². The van der Waals surface area contributed by atoms with Crippen LogP contribution >= 0.6 is 0 Å². The zero-order valence-corrected chi connectivity index (χ0v) is 18.6. The highest BCUT2D eigenvalue weighted by atomic mass is 16.5. The molecule has 6 heteroatoms. The minimum atomic E-state index is -0.110. The van der Waals surface area contributed by atoms with Gasteiger partial charge in [-0.1, -0.05) is 26.0 Å². The summed E-state index contributed by atoms with van der Waals surface area (Å²) in [5.41, 5.74) is 2.38. The summed E-state index contributed by atoms with van der Waals surface area (Å²) < 4.78 is 11.3. The molecular formula is C23H37N3O3. The quantitative estimate of drug-likeness (QED) is 0.731. The smallest absolute Gasteiger partial charge is 0.240 e. The highest BCUT2D eigenvalue weighted by Gasteiger charge is 2.35. The minimum absolute atomic E-state index is 0.110. The van der Waals surface area contributed by atoms with E-state index in [1.165, 1.54) is 5.69 Å². The average Bonchev–Trinajstić information content (AvgIpc) is 2.68. The lowest BCUT2D eigenvalue weighted by Crippen LogP contribution is -2.57. The Morgan fingerprint density at radius 3 is 2.24 bits per heavy atom. The number of anilines is 1. The molecule has 6 nitrogen and oxygen atoms in total. The second-order valence-electron chi connectivity index (χ2n) is 8.86. The van der Waals surface area contributed by atoms with Gasteiger partial charge in [-0.3, -0.25) is 9.69 Å². The summed E-state index contributed by atoms with van der Waals surface area (Å²) in [6.45, 7) is 14.1. The number of hydrogen-bond acceptors (Lipinski definition) is 5. The van der Waals surface area contributed by atoms with Crippen molar-refractivity contribution < 1.29 is 14.3 Å². The van der Waals surface area contributed by atoms with E-state index in [0.717, 1.165) is 45.0 Å². The number of carbonyl (C=O) groups excluding carboxylic acids is 1. The Bertz CT molecular complexity index is 648. The third-order valence-electron chi connectivity index (χ3n) is 5.83. The summed E-state index contributed by atoms with van der Waals surface area (Å²) in [6, 6.07) is 8.48. The Hall–Kier alpha value is -1.63. The lowest BCUT2D eigenvalue weighted by Gasteiger charge is -2.42. The van der Waals surface area contributed by atoms with Crippen LogP contribution in [0.1, 0.15) is 33.3 Å². The van der Waals surface area contributed by atoms with E-state index in [4.69, 9.17) is 9.47 Å². The molecule has 2 heterocycles. The molecule has 1 aromatic rings. The molecule has 3 rings (SSSR count). The molecule has 0 spiro atoms. The first-order valence-corrected chi connectivity index (χ1v) is 10.9. The van der Waals surface area contributed by atoms with Crippen molar-refractivity contribution in [3.8, 4) is 0 Å². The maximum atomic E-state index is 13.3. The van der Waals surface area contributed by atoms with Crippen molar-refractivity contribution >= 4 is 11.6 Å². The number of nitrogens with zero attached hydrogens (tertiary/aromatic N) is 3. The van der Waals surface area contributed by atoms with E-state index < -0.39 is 0 Å². The summed E-state index contributed by atoms with van der Waals surface area (Å²) in [5.74, 6) is 0.449. The van der Waals surface area contributed by atoms with Gasteiger partial charge in [0, 0.05) is 45.5 Å². The van der Waals surface area contributed by atoms with Crippen molar-refractivity contribution in [3.63, 3.8) is 0 Å².